The average Bonchev–Trinajstić information content (AvgIpc) is 2.92. The molecule has 2 rings (SSSR count). The molecule has 0 atom stereocenters. The van der Waals surface area contributed by atoms with Gasteiger partial charge in [-0.25, -0.2) is 14.4 Å². The molecule has 0 saturated carbocycles. The van der Waals surface area contributed by atoms with E-state index in [1.807, 2.05) is 0 Å². The Balaban J connectivity index is 2.77. The number of hydrogen-bond donors (Lipinski definition) is 1. The Labute approximate surface area is 143 Å². The first-order valence-electron chi connectivity index (χ1n) is 7.66. The number of aromatic nitrogens is 1. The van der Waals surface area contributed by atoms with Gasteiger partial charge in [-0.15, -0.1) is 0 Å². The van der Waals surface area contributed by atoms with Gasteiger partial charge in [-0.3, -0.25) is 0 Å². The third-order valence-electron chi connectivity index (χ3n) is 3.24. The van der Waals surface area contributed by atoms with Gasteiger partial charge in [-0.05, 0) is 13.8 Å². The number of carbonyl (C=O) groups is 3. The van der Waals surface area contributed by atoms with Crippen molar-refractivity contribution in [3.05, 3.63) is 47.5 Å². The first-order valence-corrected chi connectivity index (χ1v) is 7.66. The Kier molecular flexibility index (Phi) is 5.89. The van der Waals surface area contributed by atoms with Gasteiger partial charge in [0.1, 0.15) is 17.9 Å². The van der Waals surface area contributed by atoms with E-state index in [4.69, 9.17) is 14.2 Å². The summed E-state index contributed by atoms with van der Waals surface area (Å²) in [6.07, 6.45) is 3.01. The molecular formula is C17H18NO7+. The van der Waals surface area contributed by atoms with E-state index in [1.54, 1.807) is 32.0 Å². The molecule has 0 amide bonds. The van der Waals surface area contributed by atoms with Gasteiger partial charge >= 0.3 is 23.6 Å². The summed E-state index contributed by atoms with van der Waals surface area (Å²) in [7, 11) is 0. The van der Waals surface area contributed by atoms with Gasteiger partial charge in [0.25, 0.3) is 0 Å². The Morgan fingerprint density at radius 2 is 1.72 bits per heavy atom. The van der Waals surface area contributed by atoms with Crippen LogP contribution in [0.15, 0.2) is 47.5 Å². The average molecular weight is 348 g/mol. The molecule has 0 saturated heterocycles. The zero-order valence-corrected chi connectivity index (χ0v) is 13.9. The predicted octanol–water partition coefficient (Wildman–Crippen LogP) is 0.680. The van der Waals surface area contributed by atoms with Crippen LogP contribution in [0.5, 0.6) is 0 Å². The molecule has 2 heterocycles. The molecule has 1 aliphatic rings. The van der Waals surface area contributed by atoms with Crippen molar-refractivity contribution in [2.24, 2.45) is 0 Å². The van der Waals surface area contributed by atoms with Crippen molar-refractivity contribution in [1.82, 2.24) is 0 Å². The van der Waals surface area contributed by atoms with E-state index in [0.29, 0.717) is 0 Å². The Morgan fingerprint density at radius 1 is 1.12 bits per heavy atom. The van der Waals surface area contributed by atoms with E-state index in [0.717, 1.165) is 0 Å². The van der Waals surface area contributed by atoms with Crippen LogP contribution in [-0.2, 0) is 28.6 Å². The summed E-state index contributed by atoms with van der Waals surface area (Å²) in [5.41, 5.74) is -1.06. The fourth-order valence-corrected chi connectivity index (χ4v) is 2.25. The number of carbonyl (C=O) groups excluding carboxylic acids is 3. The molecule has 1 N–H and O–H groups in total. The highest BCUT2D eigenvalue weighted by molar-refractivity contribution is 6.21. The molecule has 1 aromatic heterocycles. The van der Waals surface area contributed by atoms with E-state index in [1.165, 1.54) is 17.0 Å². The Hall–Kier alpha value is -3.16. The number of aliphatic hydroxyl groups excluding tert-OH is 1. The standard InChI is InChI=1S/C17H17NO7/c1-3-23-16(21)13(12-11(19)10-25-15(12)20)14(17(22)24-4-2)18-8-6-5-7-9-18/h5-9H,3-4,10H2,1-2H3/p+1. The number of rotatable bonds is 6. The van der Waals surface area contributed by atoms with Crippen LogP contribution in [0.3, 0.4) is 0 Å². The fraction of sp³-hybridized carbons (Fsp3) is 0.294. The van der Waals surface area contributed by atoms with E-state index >= 15 is 0 Å². The third kappa shape index (κ3) is 3.85. The minimum absolute atomic E-state index is 0.0149. The van der Waals surface area contributed by atoms with Crippen LogP contribution in [0.25, 0.3) is 5.70 Å². The topological polar surface area (TPSA) is 103 Å². The van der Waals surface area contributed by atoms with Crippen LogP contribution in [0.2, 0.25) is 0 Å². The lowest BCUT2D eigenvalue weighted by molar-refractivity contribution is -0.578. The van der Waals surface area contributed by atoms with Crippen LogP contribution in [0, 0.1) is 0 Å². The number of cyclic esters (lactones) is 1. The van der Waals surface area contributed by atoms with Gasteiger partial charge in [0.15, 0.2) is 18.0 Å². The highest BCUT2D eigenvalue weighted by Crippen LogP contribution is 2.26. The molecule has 0 bridgehead atoms. The van der Waals surface area contributed by atoms with Crippen LogP contribution in [0.4, 0.5) is 0 Å². The lowest BCUT2D eigenvalue weighted by atomic mass is 10.0. The molecule has 8 heteroatoms. The summed E-state index contributed by atoms with van der Waals surface area (Å²) in [4.78, 5) is 37.0. The summed E-state index contributed by atoms with van der Waals surface area (Å²) >= 11 is 0. The van der Waals surface area contributed by atoms with Crippen molar-refractivity contribution >= 4 is 23.6 Å². The minimum atomic E-state index is -0.942. The van der Waals surface area contributed by atoms with Crippen LogP contribution < -0.4 is 4.57 Å². The van der Waals surface area contributed by atoms with Gasteiger partial charge in [0.2, 0.25) is 0 Å². The summed E-state index contributed by atoms with van der Waals surface area (Å²) in [5.74, 6) is -3.16. The molecule has 0 aliphatic carbocycles. The molecule has 1 aromatic rings. The van der Waals surface area contributed by atoms with Crippen molar-refractivity contribution in [3.63, 3.8) is 0 Å². The predicted molar refractivity (Wildman–Crippen MR) is 83.7 cm³/mol. The first-order chi connectivity index (χ1) is 12.0. The minimum Gasteiger partial charge on any atom is -0.508 e. The smallest absolute Gasteiger partial charge is 0.405 e. The molecule has 132 valence electrons. The van der Waals surface area contributed by atoms with Crippen LogP contribution in [0.1, 0.15) is 13.8 Å². The summed E-state index contributed by atoms with van der Waals surface area (Å²) in [5, 5.41) is 9.98. The second-order valence-electron chi connectivity index (χ2n) is 4.85. The number of hydrogen-bond acceptors (Lipinski definition) is 7. The molecule has 0 fully saturated rings. The molecule has 1 aliphatic heterocycles. The zero-order chi connectivity index (χ0) is 18.4. The maximum absolute atomic E-state index is 12.5. The van der Waals surface area contributed by atoms with E-state index in [9.17, 15) is 19.5 Å². The van der Waals surface area contributed by atoms with Gasteiger partial charge in [-0.1, -0.05) is 6.07 Å². The lowest BCUT2D eigenvalue weighted by Crippen LogP contribution is -2.39. The third-order valence-corrected chi connectivity index (χ3v) is 3.24. The molecule has 0 aromatic carbocycles. The van der Waals surface area contributed by atoms with E-state index in [-0.39, 0.29) is 25.5 Å². The SMILES string of the molecule is CCOC(=O)/C(C1=C(O)COC1=O)=C(\C(=O)OCC)[n+]1ccccc1. The number of nitrogens with zero attached hydrogens (tertiary/aromatic N) is 1. The van der Waals surface area contributed by atoms with Crippen molar-refractivity contribution in [3.8, 4) is 0 Å². The maximum Gasteiger partial charge on any atom is 0.405 e. The van der Waals surface area contributed by atoms with E-state index in [2.05, 4.69) is 0 Å². The van der Waals surface area contributed by atoms with Crippen LogP contribution >= 0.6 is 0 Å². The summed E-state index contributed by atoms with van der Waals surface area (Å²) in [6.45, 7) is 2.88. The fourth-order valence-electron chi connectivity index (χ4n) is 2.25. The Morgan fingerprint density at radius 3 is 2.24 bits per heavy atom. The normalized spacial score (nSPS) is 14.7. The van der Waals surface area contributed by atoms with Gasteiger partial charge in [0, 0.05) is 12.1 Å². The van der Waals surface area contributed by atoms with Crippen molar-refractivity contribution < 1.29 is 38.3 Å². The Bertz CT molecular complexity index is 750. The van der Waals surface area contributed by atoms with Gasteiger partial charge < -0.3 is 19.3 Å². The van der Waals surface area contributed by atoms with Crippen molar-refractivity contribution in [1.29, 1.82) is 0 Å². The van der Waals surface area contributed by atoms with Gasteiger partial charge in [0.05, 0.1) is 13.2 Å². The molecule has 0 radical (unpaired) electrons. The van der Waals surface area contributed by atoms with Crippen molar-refractivity contribution in [2.75, 3.05) is 19.8 Å². The van der Waals surface area contributed by atoms with Crippen molar-refractivity contribution in [2.45, 2.75) is 13.8 Å². The molecule has 25 heavy (non-hydrogen) atoms. The number of aliphatic hydroxyl groups is 1. The lowest BCUT2D eigenvalue weighted by Gasteiger charge is -2.09. The molecule has 0 unspecified atom stereocenters. The van der Waals surface area contributed by atoms with Crippen LogP contribution in [-0.4, -0.2) is 42.8 Å². The van der Waals surface area contributed by atoms with Gasteiger partial charge in [-0.2, -0.15) is 4.57 Å². The second kappa shape index (κ2) is 8.09. The summed E-state index contributed by atoms with van der Waals surface area (Å²) in [6, 6.07) is 4.97. The van der Waals surface area contributed by atoms with E-state index < -0.39 is 34.8 Å². The highest BCUT2D eigenvalue weighted by Gasteiger charge is 2.41. The number of pyridine rings is 1. The number of ether oxygens (including phenoxy) is 3. The quantitative estimate of drug-likeness (QED) is 0.349. The highest BCUT2D eigenvalue weighted by atomic mass is 16.6. The maximum atomic E-state index is 12.5. The zero-order valence-electron chi connectivity index (χ0n) is 13.9. The molecule has 8 nitrogen and oxygen atoms in total. The molecule has 0 spiro atoms. The molecular weight excluding hydrogens is 330 g/mol. The summed E-state index contributed by atoms with van der Waals surface area (Å²) < 4.78 is 16.1. The first kappa shape index (κ1) is 18.2. The number of esters is 3. The second-order valence-corrected chi connectivity index (χ2v) is 4.85. The monoisotopic (exact) mass is 348 g/mol. The largest absolute Gasteiger partial charge is 0.508 e.